The average molecular weight is 275 g/mol. The molecule has 1 aromatic carbocycles. The molecule has 20 heavy (non-hydrogen) atoms. The first-order chi connectivity index (χ1) is 9.69. The Kier molecular flexibility index (Phi) is 5.38. The van der Waals surface area contributed by atoms with E-state index in [2.05, 4.69) is 34.5 Å². The lowest BCUT2D eigenvalue weighted by Crippen LogP contribution is -2.36. The minimum Gasteiger partial charge on any atom is -0.325 e. The average Bonchev–Trinajstić information content (AvgIpc) is 2.93. The molecule has 1 aliphatic rings. The molecule has 0 saturated carbocycles. The minimum atomic E-state index is 0.623. The van der Waals surface area contributed by atoms with Crippen LogP contribution in [0.2, 0.25) is 0 Å². The number of anilines is 1. The number of nitrogens with two attached hydrogens (primary N) is 1. The molecular weight excluding hydrogens is 250 g/mol. The number of nitrogens with one attached hydrogen (secondary N) is 2. The molecule has 0 radical (unpaired) electrons. The maximum atomic E-state index is 5.53. The van der Waals surface area contributed by atoms with Gasteiger partial charge in [0.25, 0.3) is 0 Å². The van der Waals surface area contributed by atoms with Crippen LogP contribution in [0.25, 0.3) is 0 Å². The van der Waals surface area contributed by atoms with E-state index in [1.54, 1.807) is 0 Å². The molecule has 5 heteroatoms. The predicted octanol–water partition coefficient (Wildman–Crippen LogP) is 1.65. The van der Waals surface area contributed by atoms with E-state index < -0.39 is 0 Å². The summed E-state index contributed by atoms with van der Waals surface area (Å²) in [6, 6.07) is 10.5. The molecule has 0 aliphatic carbocycles. The van der Waals surface area contributed by atoms with Crippen molar-refractivity contribution in [3.63, 3.8) is 0 Å². The normalized spacial score (nSPS) is 20.4. The Morgan fingerprint density at radius 1 is 1.40 bits per heavy atom. The van der Waals surface area contributed by atoms with Crippen LogP contribution in [0.5, 0.6) is 0 Å². The topological polar surface area (TPSA) is 65.7 Å². The van der Waals surface area contributed by atoms with E-state index in [1.807, 2.05) is 30.3 Å². The highest BCUT2D eigenvalue weighted by Gasteiger charge is 2.23. The van der Waals surface area contributed by atoms with Crippen LogP contribution in [0, 0.1) is 5.92 Å². The summed E-state index contributed by atoms with van der Waals surface area (Å²) >= 11 is 0. The number of hydrogen-bond acceptors (Lipinski definition) is 3. The van der Waals surface area contributed by atoms with E-state index in [4.69, 9.17) is 5.84 Å². The molecule has 0 bridgehead atoms. The number of nitrogens with zero attached hydrogens (tertiary/aromatic N) is 2. The summed E-state index contributed by atoms with van der Waals surface area (Å²) in [5, 5.41) is 3.19. The second kappa shape index (κ2) is 7.26. The predicted molar refractivity (Wildman–Crippen MR) is 84.5 cm³/mol. The van der Waals surface area contributed by atoms with Crippen LogP contribution in [0.15, 0.2) is 35.3 Å². The van der Waals surface area contributed by atoms with Crippen LogP contribution >= 0.6 is 0 Å². The smallest absolute Gasteiger partial charge is 0.210 e. The fourth-order valence-corrected chi connectivity index (χ4v) is 2.48. The van der Waals surface area contributed by atoms with Crippen molar-refractivity contribution in [2.75, 3.05) is 25.0 Å². The van der Waals surface area contributed by atoms with Crippen LogP contribution in [0.4, 0.5) is 5.69 Å². The Morgan fingerprint density at radius 2 is 2.15 bits per heavy atom. The lowest BCUT2D eigenvalue weighted by Gasteiger charge is -2.19. The molecule has 0 spiro atoms. The number of guanidine groups is 1. The Morgan fingerprint density at radius 3 is 2.75 bits per heavy atom. The number of likely N-dealkylation sites (tertiary alicyclic amines) is 1. The highest BCUT2D eigenvalue weighted by Crippen LogP contribution is 2.18. The molecule has 1 aromatic rings. The van der Waals surface area contributed by atoms with E-state index in [0.717, 1.165) is 18.8 Å². The van der Waals surface area contributed by atoms with Crippen LogP contribution < -0.4 is 16.6 Å². The van der Waals surface area contributed by atoms with Crippen molar-refractivity contribution in [2.45, 2.75) is 26.3 Å². The zero-order valence-electron chi connectivity index (χ0n) is 12.3. The molecule has 1 atom stereocenters. The fourth-order valence-electron chi connectivity index (χ4n) is 2.48. The zero-order valence-corrected chi connectivity index (χ0v) is 12.3. The molecule has 1 saturated heterocycles. The molecule has 1 fully saturated rings. The maximum Gasteiger partial charge on any atom is 0.210 e. The Balaban J connectivity index is 1.86. The van der Waals surface area contributed by atoms with Gasteiger partial charge in [-0.3, -0.25) is 10.4 Å². The molecule has 4 N–H and O–H groups in total. The number of rotatable bonds is 4. The Labute approximate surface area is 121 Å². The van der Waals surface area contributed by atoms with Gasteiger partial charge in [-0.2, -0.15) is 0 Å². The zero-order chi connectivity index (χ0) is 14.4. The van der Waals surface area contributed by atoms with Crippen molar-refractivity contribution in [3.05, 3.63) is 30.3 Å². The van der Waals surface area contributed by atoms with Gasteiger partial charge in [0, 0.05) is 24.8 Å². The summed E-state index contributed by atoms with van der Waals surface area (Å²) in [6.07, 6.45) is 1.21. The third-order valence-corrected chi connectivity index (χ3v) is 3.73. The van der Waals surface area contributed by atoms with Gasteiger partial charge in [0.2, 0.25) is 5.96 Å². The Bertz CT molecular complexity index is 429. The Hall–Kier alpha value is -1.59. The maximum absolute atomic E-state index is 5.53. The van der Waals surface area contributed by atoms with Gasteiger partial charge in [-0.1, -0.05) is 18.2 Å². The first-order valence-electron chi connectivity index (χ1n) is 7.26. The molecule has 2 rings (SSSR count). The summed E-state index contributed by atoms with van der Waals surface area (Å²) in [7, 11) is 0. The van der Waals surface area contributed by atoms with E-state index in [-0.39, 0.29) is 0 Å². The molecule has 1 heterocycles. The van der Waals surface area contributed by atoms with Gasteiger partial charge in [0.1, 0.15) is 0 Å². The van der Waals surface area contributed by atoms with Gasteiger partial charge in [-0.05, 0) is 44.9 Å². The molecule has 0 aromatic heterocycles. The monoisotopic (exact) mass is 275 g/mol. The van der Waals surface area contributed by atoms with E-state index in [1.165, 1.54) is 13.0 Å². The number of aliphatic imine (C=N–C) groups is 1. The summed E-state index contributed by atoms with van der Waals surface area (Å²) in [4.78, 5) is 7.06. The van der Waals surface area contributed by atoms with Crippen LogP contribution in [0.1, 0.15) is 20.3 Å². The fraction of sp³-hybridized carbons (Fsp3) is 0.533. The number of benzene rings is 1. The molecule has 110 valence electrons. The number of para-hydroxylation sites is 1. The van der Waals surface area contributed by atoms with Gasteiger partial charge in [0.05, 0.1) is 0 Å². The van der Waals surface area contributed by atoms with E-state index >= 15 is 0 Å². The van der Waals surface area contributed by atoms with Crippen molar-refractivity contribution < 1.29 is 0 Å². The highest BCUT2D eigenvalue weighted by molar-refractivity contribution is 5.93. The summed E-state index contributed by atoms with van der Waals surface area (Å²) in [5.41, 5.74) is 3.62. The second-order valence-electron chi connectivity index (χ2n) is 5.57. The van der Waals surface area contributed by atoms with E-state index in [9.17, 15) is 0 Å². The molecular formula is C15H25N5. The summed E-state index contributed by atoms with van der Waals surface area (Å²) in [5.74, 6) is 6.77. The minimum absolute atomic E-state index is 0.623. The van der Waals surface area contributed by atoms with Crippen molar-refractivity contribution in [2.24, 2.45) is 16.8 Å². The molecule has 1 aliphatic heterocycles. The highest BCUT2D eigenvalue weighted by atomic mass is 15.3. The quantitative estimate of drug-likeness (QED) is 0.338. The van der Waals surface area contributed by atoms with E-state index in [0.29, 0.717) is 17.9 Å². The van der Waals surface area contributed by atoms with Crippen LogP contribution in [-0.4, -0.2) is 36.5 Å². The number of hydrazine groups is 1. The van der Waals surface area contributed by atoms with Crippen molar-refractivity contribution >= 4 is 11.6 Å². The third-order valence-electron chi connectivity index (χ3n) is 3.73. The second-order valence-corrected chi connectivity index (χ2v) is 5.57. The molecule has 1 unspecified atom stereocenters. The van der Waals surface area contributed by atoms with Crippen LogP contribution in [-0.2, 0) is 0 Å². The largest absolute Gasteiger partial charge is 0.325 e. The summed E-state index contributed by atoms with van der Waals surface area (Å²) in [6.45, 7) is 7.60. The van der Waals surface area contributed by atoms with Crippen molar-refractivity contribution in [1.82, 2.24) is 10.3 Å². The van der Waals surface area contributed by atoms with Gasteiger partial charge in [-0.25, -0.2) is 5.84 Å². The SMILES string of the molecule is CC(C)N1CCC(CN=C(NN)Nc2ccccc2)C1. The van der Waals surface area contributed by atoms with Crippen LogP contribution in [0.3, 0.4) is 0 Å². The molecule has 0 amide bonds. The van der Waals surface area contributed by atoms with Gasteiger partial charge < -0.3 is 10.2 Å². The van der Waals surface area contributed by atoms with Gasteiger partial charge in [-0.15, -0.1) is 0 Å². The summed E-state index contributed by atoms with van der Waals surface area (Å²) < 4.78 is 0. The standard InChI is InChI=1S/C15H25N5/c1-12(2)20-9-8-13(11-20)10-17-15(19-16)18-14-6-4-3-5-7-14/h3-7,12-13H,8-11,16H2,1-2H3,(H2,17,18,19). The third kappa shape index (κ3) is 4.21. The van der Waals surface area contributed by atoms with Gasteiger partial charge >= 0.3 is 0 Å². The lowest BCUT2D eigenvalue weighted by atomic mass is 10.1. The van der Waals surface area contributed by atoms with Gasteiger partial charge in [0.15, 0.2) is 0 Å². The first kappa shape index (κ1) is 14.8. The molecule has 5 nitrogen and oxygen atoms in total. The van der Waals surface area contributed by atoms with Crippen molar-refractivity contribution in [3.8, 4) is 0 Å². The first-order valence-corrected chi connectivity index (χ1v) is 7.26. The number of hydrogen-bond donors (Lipinski definition) is 3. The van der Waals surface area contributed by atoms with Crippen molar-refractivity contribution in [1.29, 1.82) is 0 Å². The lowest BCUT2D eigenvalue weighted by molar-refractivity contribution is 0.266.